The van der Waals surface area contributed by atoms with Crippen LogP contribution >= 0.6 is 11.6 Å². The van der Waals surface area contributed by atoms with Gasteiger partial charge in [0.2, 0.25) is 11.8 Å². The summed E-state index contributed by atoms with van der Waals surface area (Å²) in [6.45, 7) is 7.11. The van der Waals surface area contributed by atoms with Gasteiger partial charge in [-0.15, -0.1) is 0 Å². The quantitative estimate of drug-likeness (QED) is 0.916. The fraction of sp³-hybridized carbons (Fsp3) is 0.556. The highest BCUT2D eigenvalue weighted by Crippen LogP contribution is 2.22. The van der Waals surface area contributed by atoms with Crippen molar-refractivity contribution in [3.05, 3.63) is 34.9 Å². The van der Waals surface area contributed by atoms with E-state index in [1.54, 1.807) is 0 Å². The second-order valence-corrected chi connectivity index (χ2v) is 6.98. The van der Waals surface area contributed by atoms with E-state index < -0.39 is 0 Å². The highest BCUT2D eigenvalue weighted by Gasteiger charge is 2.28. The molecule has 1 aliphatic rings. The van der Waals surface area contributed by atoms with Gasteiger partial charge >= 0.3 is 0 Å². The Kier molecular flexibility index (Phi) is 6.05. The summed E-state index contributed by atoms with van der Waals surface area (Å²) in [4.78, 5) is 26.3. The van der Waals surface area contributed by atoms with E-state index in [0.717, 1.165) is 18.4 Å². The number of nitrogens with zero attached hydrogens (tertiary/aromatic N) is 1. The van der Waals surface area contributed by atoms with Gasteiger partial charge in [-0.2, -0.15) is 0 Å². The summed E-state index contributed by atoms with van der Waals surface area (Å²) < 4.78 is 0. The Hall–Kier alpha value is -1.55. The number of amides is 2. The van der Waals surface area contributed by atoms with Gasteiger partial charge in [-0.05, 0) is 37.5 Å². The van der Waals surface area contributed by atoms with Crippen LogP contribution in [-0.2, 0) is 9.59 Å². The van der Waals surface area contributed by atoms with E-state index in [1.165, 1.54) is 0 Å². The molecule has 0 aliphatic carbocycles. The topological polar surface area (TPSA) is 49.4 Å². The normalized spacial score (nSPS) is 17.2. The molecule has 2 rings (SSSR count). The van der Waals surface area contributed by atoms with Crippen LogP contribution in [0.1, 0.15) is 45.2 Å². The van der Waals surface area contributed by atoms with Gasteiger partial charge in [0.1, 0.15) is 0 Å². The molecule has 0 radical (unpaired) electrons. The van der Waals surface area contributed by atoms with Crippen LogP contribution in [0.2, 0.25) is 5.02 Å². The monoisotopic (exact) mass is 336 g/mol. The molecule has 0 saturated carbocycles. The molecule has 2 amide bonds. The minimum Gasteiger partial charge on any atom is -0.349 e. The molecule has 1 aliphatic heterocycles. The second-order valence-electron chi connectivity index (χ2n) is 6.54. The van der Waals surface area contributed by atoms with Crippen molar-refractivity contribution in [2.45, 2.75) is 39.7 Å². The van der Waals surface area contributed by atoms with Crippen molar-refractivity contribution in [3.8, 4) is 0 Å². The van der Waals surface area contributed by atoms with Crippen LogP contribution in [0.5, 0.6) is 0 Å². The number of hydrogen-bond donors (Lipinski definition) is 1. The van der Waals surface area contributed by atoms with E-state index in [2.05, 4.69) is 5.32 Å². The summed E-state index contributed by atoms with van der Waals surface area (Å²) in [7, 11) is 0. The third-order valence-electron chi connectivity index (χ3n) is 4.38. The molecular formula is C18H25ClN2O2. The van der Waals surface area contributed by atoms with Crippen molar-refractivity contribution in [1.29, 1.82) is 0 Å². The van der Waals surface area contributed by atoms with Gasteiger partial charge in [0.25, 0.3) is 0 Å². The summed E-state index contributed by atoms with van der Waals surface area (Å²) in [5.41, 5.74) is 0.998. The maximum absolute atomic E-state index is 12.4. The molecule has 1 unspecified atom stereocenters. The zero-order chi connectivity index (χ0) is 17.0. The SMILES string of the molecule is CC(C)C(=O)N1CCC(C(=O)NC(C)c2cccc(Cl)c2)CC1. The lowest BCUT2D eigenvalue weighted by Crippen LogP contribution is -2.44. The molecule has 0 aromatic heterocycles. The van der Waals surface area contributed by atoms with E-state index in [-0.39, 0.29) is 29.7 Å². The van der Waals surface area contributed by atoms with E-state index in [1.807, 2.05) is 49.9 Å². The zero-order valence-electron chi connectivity index (χ0n) is 14.0. The van der Waals surface area contributed by atoms with E-state index in [9.17, 15) is 9.59 Å². The first-order chi connectivity index (χ1) is 10.9. The largest absolute Gasteiger partial charge is 0.349 e. The van der Waals surface area contributed by atoms with Crippen molar-refractivity contribution < 1.29 is 9.59 Å². The number of nitrogens with one attached hydrogen (secondary N) is 1. The van der Waals surface area contributed by atoms with E-state index in [4.69, 9.17) is 11.6 Å². The number of hydrogen-bond acceptors (Lipinski definition) is 2. The molecule has 1 fully saturated rings. The van der Waals surface area contributed by atoms with Gasteiger partial charge in [-0.3, -0.25) is 9.59 Å². The average molecular weight is 337 g/mol. The first kappa shape index (κ1) is 17.8. The Morgan fingerprint density at radius 3 is 2.43 bits per heavy atom. The van der Waals surface area contributed by atoms with Gasteiger partial charge < -0.3 is 10.2 Å². The zero-order valence-corrected chi connectivity index (χ0v) is 14.8. The Morgan fingerprint density at radius 1 is 1.22 bits per heavy atom. The minimum absolute atomic E-state index is 0.0169. The maximum atomic E-state index is 12.4. The molecule has 1 N–H and O–H groups in total. The summed E-state index contributed by atoms with van der Waals surface area (Å²) in [6, 6.07) is 7.46. The highest BCUT2D eigenvalue weighted by atomic mass is 35.5. The first-order valence-electron chi connectivity index (χ1n) is 8.23. The third-order valence-corrected chi connectivity index (χ3v) is 4.61. The fourth-order valence-corrected chi connectivity index (χ4v) is 3.12. The van der Waals surface area contributed by atoms with Crippen LogP contribution in [0.3, 0.4) is 0 Å². The summed E-state index contributed by atoms with van der Waals surface area (Å²) in [5, 5.41) is 3.73. The fourth-order valence-electron chi connectivity index (χ4n) is 2.92. The third kappa shape index (κ3) is 4.71. The number of likely N-dealkylation sites (tertiary alicyclic amines) is 1. The predicted molar refractivity (Wildman–Crippen MR) is 92.2 cm³/mol. The van der Waals surface area contributed by atoms with Crippen LogP contribution in [0.15, 0.2) is 24.3 Å². The smallest absolute Gasteiger partial charge is 0.225 e. The summed E-state index contributed by atoms with van der Waals surface area (Å²) in [6.07, 6.45) is 1.46. The lowest BCUT2D eigenvalue weighted by atomic mass is 9.94. The van der Waals surface area contributed by atoms with Crippen LogP contribution in [0, 0.1) is 11.8 Å². The number of piperidine rings is 1. The van der Waals surface area contributed by atoms with Crippen LogP contribution in [-0.4, -0.2) is 29.8 Å². The molecule has 1 atom stereocenters. The molecule has 4 nitrogen and oxygen atoms in total. The van der Waals surface area contributed by atoms with Crippen molar-refractivity contribution in [2.75, 3.05) is 13.1 Å². The number of rotatable bonds is 4. The van der Waals surface area contributed by atoms with Crippen molar-refractivity contribution in [2.24, 2.45) is 11.8 Å². The Labute approximate surface area is 143 Å². The molecule has 23 heavy (non-hydrogen) atoms. The van der Waals surface area contributed by atoms with Gasteiger partial charge in [0.05, 0.1) is 6.04 Å². The Bertz CT molecular complexity index is 566. The number of halogens is 1. The van der Waals surface area contributed by atoms with Crippen molar-refractivity contribution in [1.82, 2.24) is 10.2 Å². The maximum Gasteiger partial charge on any atom is 0.225 e. The second kappa shape index (κ2) is 7.82. The van der Waals surface area contributed by atoms with Crippen LogP contribution < -0.4 is 5.32 Å². The standard InChI is InChI=1S/C18H25ClN2O2/c1-12(2)18(23)21-9-7-14(8-10-21)17(22)20-13(3)15-5-4-6-16(19)11-15/h4-6,11-14H,7-10H2,1-3H3,(H,20,22). The van der Waals surface area contributed by atoms with Crippen LogP contribution in [0.25, 0.3) is 0 Å². The molecule has 0 bridgehead atoms. The molecule has 1 aromatic rings. The van der Waals surface area contributed by atoms with Gasteiger partial charge in [-0.1, -0.05) is 37.6 Å². The molecule has 1 heterocycles. The first-order valence-corrected chi connectivity index (χ1v) is 8.61. The number of carbonyl (C=O) groups excluding carboxylic acids is 2. The van der Waals surface area contributed by atoms with E-state index in [0.29, 0.717) is 18.1 Å². The molecule has 1 aromatic carbocycles. The lowest BCUT2D eigenvalue weighted by Gasteiger charge is -2.33. The molecule has 0 spiro atoms. The Morgan fingerprint density at radius 2 is 1.87 bits per heavy atom. The molecule has 126 valence electrons. The molecule has 1 saturated heterocycles. The summed E-state index contributed by atoms with van der Waals surface area (Å²) >= 11 is 6.00. The number of benzene rings is 1. The molecule has 5 heteroatoms. The minimum atomic E-state index is -0.0727. The highest BCUT2D eigenvalue weighted by molar-refractivity contribution is 6.30. The Balaban J connectivity index is 1.87. The van der Waals surface area contributed by atoms with Gasteiger partial charge in [0.15, 0.2) is 0 Å². The van der Waals surface area contributed by atoms with Gasteiger partial charge in [0, 0.05) is 29.9 Å². The van der Waals surface area contributed by atoms with E-state index >= 15 is 0 Å². The predicted octanol–water partition coefficient (Wildman–Crippen LogP) is 3.41. The van der Waals surface area contributed by atoms with Gasteiger partial charge in [-0.25, -0.2) is 0 Å². The van der Waals surface area contributed by atoms with Crippen LogP contribution in [0.4, 0.5) is 0 Å². The average Bonchev–Trinajstić information content (AvgIpc) is 2.54. The molecular weight excluding hydrogens is 312 g/mol. The van der Waals surface area contributed by atoms with Crippen molar-refractivity contribution in [3.63, 3.8) is 0 Å². The van der Waals surface area contributed by atoms with Crippen molar-refractivity contribution >= 4 is 23.4 Å². The summed E-state index contributed by atoms with van der Waals surface area (Å²) in [5.74, 6) is 0.237. The lowest BCUT2D eigenvalue weighted by molar-refractivity contribution is -0.138. The number of carbonyl (C=O) groups is 2.